The Kier molecular flexibility index (Phi) is 3.23. The molecule has 1 atom stereocenters. The number of nitrogens with one attached hydrogen (secondary N) is 1. The fraction of sp³-hybridized carbons (Fsp3) is 0.231. The fourth-order valence-electron chi connectivity index (χ4n) is 1.80. The van der Waals surface area contributed by atoms with Crippen molar-refractivity contribution in [3.8, 4) is 0 Å². The summed E-state index contributed by atoms with van der Waals surface area (Å²) in [5.74, 6) is -0.347. The molecular formula is C13H14N2O2. The predicted octanol–water partition coefficient (Wildman–Crippen LogP) is 1.59. The lowest BCUT2D eigenvalue weighted by Gasteiger charge is -2.20. The van der Waals surface area contributed by atoms with Gasteiger partial charge < -0.3 is 10.1 Å². The summed E-state index contributed by atoms with van der Waals surface area (Å²) < 4.78 is 4.80. The number of nitrogens with zero attached hydrogens (tertiary/aromatic N) is 1. The molecule has 1 aromatic rings. The van der Waals surface area contributed by atoms with Crippen molar-refractivity contribution in [2.45, 2.75) is 13.0 Å². The topological polar surface area (TPSA) is 50.7 Å². The molecule has 1 aromatic carbocycles. The Hall–Kier alpha value is -2.10. The summed E-state index contributed by atoms with van der Waals surface area (Å²) in [4.78, 5) is 15.9. The van der Waals surface area contributed by atoms with Gasteiger partial charge in [-0.2, -0.15) is 0 Å². The summed E-state index contributed by atoms with van der Waals surface area (Å²) in [5.41, 5.74) is 2.27. The minimum absolute atomic E-state index is 0.195. The van der Waals surface area contributed by atoms with Crippen molar-refractivity contribution in [3.05, 3.63) is 41.5 Å². The molecule has 1 heterocycles. The van der Waals surface area contributed by atoms with Gasteiger partial charge in [-0.1, -0.05) is 30.3 Å². The maximum absolute atomic E-state index is 11.8. The van der Waals surface area contributed by atoms with Crippen LogP contribution in [0.3, 0.4) is 0 Å². The van der Waals surface area contributed by atoms with E-state index in [1.54, 1.807) is 6.34 Å². The van der Waals surface area contributed by atoms with E-state index in [1.807, 2.05) is 37.3 Å². The number of aliphatic imine (C=N–C) groups is 1. The van der Waals surface area contributed by atoms with Crippen LogP contribution in [-0.4, -0.2) is 25.5 Å². The highest BCUT2D eigenvalue weighted by molar-refractivity contribution is 6.01. The Morgan fingerprint density at radius 3 is 2.71 bits per heavy atom. The zero-order chi connectivity index (χ0) is 12.3. The molecule has 4 nitrogen and oxygen atoms in total. The van der Waals surface area contributed by atoms with Crippen LogP contribution in [0.4, 0.5) is 0 Å². The van der Waals surface area contributed by atoms with Crippen molar-refractivity contribution in [2.75, 3.05) is 7.11 Å². The first-order chi connectivity index (χ1) is 8.24. The highest BCUT2D eigenvalue weighted by atomic mass is 16.5. The number of ether oxygens (including phenoxy) is 1. The van der Waals surface area contributed by atoms with Gasteiger partial charge in [0.1, 0.15) is 0 Å². The Balaban J connectivity index is 2.49. The van der Waals surface area contributed by atoms with Gasteiger partial charge in [0.25, 0.3) is 0 Å². The Morgan fingerprint density at radius 1 is 1.35 bits per heavy atom. The molecule has 0 fully saturated rings. The van der Waals surface area contributed by atoms with Crippen LogP contribution < -0.4 is 5.32 Å². The van der Waals surface area contributed by atoms with Crippen LogP contribution in [-0.2, 0) is 9.53 Å². The molecule has 1 aliphatic heterocycles. The van der Waals surface area contributed by atoms with E-state index in [4.69, 9.17) is 4.74 Å². The molecule has 17 heavy (non-hydrogen) atoms. The molecule has 4 heteroatoms. The SMILES string of the molecule is COC(=O)C1=C(c2ccccc2)NC=NC1C. The lowest BCUT2D eigenvalue weighted by molar-refractivity contribution is -0.136. The van der Waals surface area contributed by atoms with Gasteiger partial charge in [0.05, 0.1) is 30.8 Å². The van der Waals surface area contributed by atoms with Crippen LogP contribution in [0.1, 0.15) is 12.5 Å². The molecule has 0 saturated heterocycles. The van der Waals surface area contributed by atoms with Crippen LogP contribution in [0, 0.1) is 0 Å². The van der Waals surface area contributed by atoms with E-state index in [0.29, 0.717) is 5.57 Å². The number of rotatable bonds is 2. The van der Waals surface area contributed by atoms with Crippen molar-refractivity contribution in [2.24, 2.45) is 4.99 Å². The minimum Gasteiger partial charge on any atom is -0.466 e. The average molecular weight is 230 g/mol. The summed E-state index contributed by atoms with van der Waals surface area (Å²) in [6.07, 6.45) is 1.61. The monoisotopic (exact) mass is 230 g/mol. The van der Waals surface area contributed by atoms with Crippen molar-refractivity contribution in [3.63, 3.8) is 0 Å². The molecule has 0 aromatic heterocycles. The van der Waals surface area contributed by atoms with Gasteiger partial charge in [-0.05, 0) is 12.5 Å². The van der Waals surface area contributed by atoms with E-state index in [2.05, 4.69) is 10.3 Å². The van der Waals surface area contributed by atoms with Gasteiger partial charge in [0.15, 0.2) is 0 Å². The van der Waals surface area contributed by atoms with E-state index in [9.17, 15) is 4.79 Å². The number of carbonyl (C=O) groups is 1. The third-order valence-electron chi connectivity index (χ3n) is 2.66. The molecule has 1 N–H and O–H groups in total. The first-order valence-electron chi connectivity index (χ1n) is 5.40. The molecular weight excluding hydrogens is 216 g/mol. The lowest BCUT2D eigenvalue weighted by Crippen LogP contribution is -2.27. The molecule has 0 amide bonds. The number of hydrogen-bond acceptors (Lipinski definition) is 4. The van der Waals surface area contributed by atoms with Gasteiger partial charge in [0, 0.05) is 0 Å². The van der Waals surface area contributed by atoms with E-state index in [-0.39, 0.29) is 12.0 Å². The quantitative estimate of drug-likeness (QED) is 0.785. The van der Waals surface area contributed by atoms with E-state index < -0.39 is 0 Å². The average Bonchev–Trinajstić information content (AvgIpc) is 2.38. The van der Waals surface area contributed by atoms with Crippen LogP contribution >= 0.6 is 0 Å². The zero-order valence-electron chi connectivity index (χ0n) is 9.81. The second-order valence-electron chi connectivity index (χ2n) is 3.74. The molecule has 1 aliphatic rings. The number of benzene rings is 1. The second-order valence-corrected chi connectivity index (χ2v) is 3.74. The van der Waals surface area contributed by atoms with Gasteiger partial charge in [-0.3, -0.25) is 4.99 Å². The smallest absolute Gasteiger partial charge is 0.338 e. The maximum atomic E-state index is 11.8. The van der Waals surface area contributed by atoms with Crippen LogP contribution in [0.15, 0.2) is 40.9 Å². The van der Waals surface area contributed by atoms with Crippen LogP contribution in [0.25, 0.3) is 5.70 Å². The lowest BCUT2D eigenvalue weighted by atomic mass is 10.0. The summed E-state index contributed by atoms with van der Waals surface area (Å²) in [5, 5.41) is 3.02. The summed E-state index contributed by atoms with van der Waals surface area (Å²) in [6.45, 7) is 1.87. The van der Waals surface area contributed by atoms with Crippen molar-refractivity contribution in [1.29, 1.82) is 0 Å². The van der Waals surface area contributed by atoms with Gasteiger partial charge in [-0.15, -0.1) is 0 Å². The normalized spacial score (nSPS) is 18.8. The summed E-state index contributed by atoms with van der Waals surface area (Å²) >= 11 is 0. The number of esters is 1. The number of carbonyl (C=O) groups excluding carboxylic acids is 1. The Bertz CT molecular complexity index is 477. The predicted molar refractivity (Wildman–Crippen MR) is 66.5 cm³/mol. The molecule has 0 bridgehead atoms. The summed E-state index contributed by atoms with van der Waals surface area (Å²) in [7, 11) is 1.38. The van der Waals surface area contributed by atoms with Gasteiger partial charge in [-0.25, -0.2) is 4.79 Å². The molecule has 0 saturated carbocycles. The third kappa shape index (κ3) is 2.20. The molecule has 1 unspecified atom stereocenters. The molecule has 0 radical (unpaired) electrons. The van der Waals surface area contributed by atoms with Crippen molar-refractivity contribution < 1.29 is 9.53 Å². The van der Waals surface area contributed by atoms with Crippen LogP contribution in [0.2, 0.25) is 0 Å². The highest BCUT2D eigenvalue weighted by Gasteiger charge is 2.24. The van der Waals surface area contributed by atoms with E-state index in [1.165, 1.54) is 7.11 Å². The first-order valence-corrected chi connectivity index (χ1v) is 5.40. The molecule has 0 spiro atoms. The zero-order valence-corrected chi connectivity index (χ0v) is 9.81. The standard InChI is InChI=1S/C13H14N2O2/c1-9-11(13(16)17-2)12(15-8-14-9)10-6-4-3-5-7-10/h3-9H,1-2H3,(H,14,15). The fourth-order valence-corrected chi connectivity index (χ4v) is 1.80. The number of hydrogen-bond donors (Lipinski definition) is 1. The number of methoxy groups -OCH3 is 1. The van der Waals surface area contributed by atoms with Crippen molar-refractivity contribution in [1.82, 2.24) is 5.32 Å². The van der Waals surface area contributed by atoms with Gasteiger partial charge in [0.2, 0.25) is 0 Å². The molecule has 2 rings (SSSR count). The Morgan fingerprint density at radius 2 is 2.06 bits per heavy atom. The van der Waals surface area contributed by atoms with E-state index >= 15 is 0 Å². The summed E-state index contributed by atoms with van der Waals surface area (Å²) in [6, 6.07) is 9.47. The molecule has 88 valence electrons. The Labute approximate surface area is 100 Å². The maximum Gasteiger partial charge on any atom is 0.338 e. The third-order valence-corrected chi connectivity index (χ3v) is 2.66. The molecule has 0 aliphatic carbocycles. The minimum atomic E-state index is -0.347. The van der Waals surface area contributed by atoms with Gasteiger partial charge >= 0.3 is 5.97 Å². The van der Waals surface area contributed by atoms with E-state index in [0.717, 1.165) is 11.3 Å². The first kappa shape index (κ1) is 11.4. The van der Waals surface area contributed by atoms with Crippen molar-refractivity contribution >= 4 is 18.0 Å². The largest absolute Gasteiger partial charge is 0.466 e. The highest BCUT2D eigenvalue weighted by Crippen LogP contribution is 2.23. The second kappa shape index (κ2) is 4.82. The van der Waals surface area contributed by atoms with Crippen LogP contribution in [0.5, 0.6) is 0 Å².